The van der Waals surface area contributed by atoms with Crippen LogP contribution in [-0.4, -0.2) is 11.6 Å². The second kappa shape index (κ2) is 5.13. The molecule has 0 N–H and O–H groups in total. The lowest BCUT2D eigenvalue weighted by Gasteiger charge is -2.19. The van der Waals surface area contributed by atoms with Gasteiger partial charge in [-0.3, -0.25) is 4.79 Å². The Morgan fingerprint density at radius 2 is 1.94 bits per heavy atom. The van der Waals surface area contributed by atoms with Gasteiger partial charge in [0.25, 0.3) is 0 Å². The fourth-order valence-corrected chi connectivity index (χ4v) is 2.23. The van der Waals surface area contributed by atoms with Crippen LogP contribution in [0.4, 0.5) is 0 Å². The molecule has 98 valence electrons. The van der Waals surface area contributed by atoms with E-state index in [0.29, 0.717) is 5.92 Å². The molecule has 0 radical (unpaired) electrons. The summed E-state index contributed by atoms with van der Waals surface area (Å²) in [6, 6.07) is 10.4. The second-order valence-corrected chi connectivity index (χ2v) is 6.16. The zero-order valence-corrected chi connectivity index (χ0v) is 11.5. The van der Waals surface area contributed by atoms with Gasteiger partial charge in [0.2, 0.25) is 0 Å². The molecule has 0 aromatic heterocycles. The van der Waals surface area contributed by atoms with Crippen molar-refractivity contribution in [3.05, 3.63) is 35.9 Å². The first-order chi connectivity index (χ1) is 8.46. The van der Waals surface area contributed by atoms with Crippen molar-refractivity contribution in [3.63, 3.8) is 0 Å². The van der Waals surface area contributed by atoms with Crippen LogP contribution in [0.25, 0.3) is 0 Å². The summed E-state index contributed by atoms with van der Waals surface area (Å²) in [4.78, 5) is 11.8. The largest absolute Gasteiger partial charge is 0.460 e. The van der Waals surface area contributed by atoms with Gasteiger partial charge in [0.15, 0.2) is 0 Å². The van der Waals surface area contributed by atoms with Gasteiger partial charge in [-0.05, 0) is 51.5 Å². The van der Waals surface area contributed by atoms with E-state index in [0.717, 1.165) is 19.3 Å². The molecule has 0 unspecified atom stereocenters. The monoisotopic (exact) mass is 246 g/mol. The van der Waals surface area contributed by atoms with Crippen molar-refractivity contribution in [2.75, 3.05) is 0 Å². The normalized spacial score (nSPS) is 22.6. The number of ether oxygens (including phenoxy) is 1. The van der Waals surface area contributed by atoms with Crippen LogP contribution >= 0.6 is 0 Å². The number of aryl methyl sites for hydroxylation is 1. The molecular weight excluding hydrogens is 224 g/mol. The third-order valence-corrected chi connectivity index (χ3v) is 3.28. The van der Waals surface area contributed by atoms with E-state index in [2.05, 4.69) is 24.3 Å². The number of esters is 1. The minimum atomic E-state index is -0.357. The third kappa shape index (κ3) is 3.86. The average molecular weight is 246 g/mol. The summed E-state index contributed by atoms with van der Waals surface area (Å²) >= 11 is 0. The van der Waals surface area contributed by atoms with Crippen molar-refractivity contribution < 1.29 is 9.53 Å². The van der Waals surface area contributed by atoms with E-state index in [1.54, 1.807) is 0 Å². The highest BCUT2D eigenvalue weighted by atomic mass is 16.6. The summed E-state index contributed by atoms with van der Waals surface area (Å²) in [6.45, 7) is 5.77. The van der Waals surface area contributed by atoms with Crippen molar-refractivity contribution in [1.82, 2.24) is 0 Å². The number of rotatable bonds is 4. The Morgan fingerprint density at radius 3 is 2.56 bits per heavy atom. The molecule has 0 amide bonds. The Kier molecular flexibility index (Phi) is 3.74. The van der Waals surface area contributed by atoms with Gasteiger partial charge in [0.1, 0.15) is 5.60 Å². The quantitative estimate of drug-likeness (QED) is 0.759. The lowest BCUT2D eigenvalue weighted by atomic mass is 10.1. The van der Waals surface area contributed by atoms with Crippen molar-refractivity contribution in [1.29, 1.82) is 0 Å². The molecule has 1 saturated carbocycles. The van der Waals surface area contributed by atoms with E-state index < -0.39 is 0 Å². The van der Waals surface area contributed by atoms with Gasteiger partial charge in [-0.25, -0.2) is 0 Å². The van der Waals surface area contributed by atoms with E-state index in [4.69, 9.17) is 4.74 Å². The molecule has 1 aliphatic rings. The fourth-order valence-electron chi connectivity index (χ4n) is 2.23. The summed E-state index contributed by atoms with van der Waals surface area (Å²) < 4.78 is 5.40. The van der Waals surface area contributed by atoms with Gasteiger partial charge in [-0.2, -0.15) is 0 Å². The molecule has 2 nitrogen and oxygen atoms in total. The molecule has 0 bridgehead atoms. The van der Waals surface area contributed by atoms with Crippen LogP contribution in [0.15, 0.2) is 30.3 Å². The van der Waals surface area contributed by atoms with Crippen LogP contribution in [0, 0.1) is 11.8 Å². The summed E-state index contributed by atoms with van der Waals surface area (Å²) in [5, 5.41) is 0. The van der Waals surface area contributed by atoms with E-state index in [-0.39, 0.29) is 17.5 Å². The fraction of sp³-hybridized carbons (Fsp3) is 0.562. The molecule has 0 saturated heterocycles. The summed E-state index contributed by atoms with van der Waals surface area (Å²) in [5.74, 6) is 0.661. The molecule has 0 heterocycles. The van der Waals surface area contributed by atoms with Crippen molar-refractivity contribution in [3.8, 4) is 0 Å². The van der Waals surface area contributed by atoms with E-state index in [1.165, 1.54) is 5.56 Å². The Morgan fingerprint density at radius 1 is 1.28 bits per heavy atom. The number of carbonyl (C=O) groups excluding carboxylic acids is 1. The maximum absolute atomic E-state index is 11.8. The molecule has 1 fully saturated rings. The molecule has 18 heavy (non-hydrogen) atoms. The lowest BCUT2D eigenvalue weighted by molar-refractivity contribution is -0.156. The number of carbonyl (C=O) groups is 1. The average Bonchev–Trinajstić information content (AvgIpc) is 3.05. The van der Waals surface area contributed by atoms with E-state index >= 15 is 0 Å². The highest BCUT2D eigenvalue weighted by Crippen LogP contribution is 2.43. The summed E-state index contributed by atoms with van der Waals surface area (Å²) in [5.41, 5.74) is 0.997. The van der Waals surface area contributed by atoms with Crippen LogP contribution in [-0.2, 0) is 16.0 Å². The van der Waals surface area contributed by atoms with Crippen molar-refractivity contribution in [2.24, 2.45) is 11.8 Å². The Bertz CT molecular complexity index is 403. The van der Waals surface area contributed by atoms with Crippen LogP contribution in [0.1, 0.15) is 39.2 Å². The summed E-state index contributed by atoms with van der Waals surface area (Å²) in [7, 11) is 0. The molecule has 1 aliphatic carbocycles. The molecule has 2 heteroatoms. The first-order valence-corrected chi connectivity index (χ1v) is 6.72. The zero-order valence-electron chi connectivity index (χ0n) is 11.5. The van der Waals surface area contributed by atoms with Gasteiger partial charge in [0, 0.05) is 0 Å². The minimum Gasteiger partial charge on any atom is -0.460 e. The molecule has 1 aromatic rings. The van der Waals surface area contributed by atoms with Crippen LogP contribution in [0.2, 0.25) is 0 Å². The first-order valence-electron chi connectivity index (χ1n) is 6.72. The van der Waals surface area contributed by atoms with Gasteiger partial charge >= 0.3 is 5.97 Å². The van der Waals surface area contributed by atoms with Gasteiger partial charge in [0.05, 0.1) is 5.92 Å². The lowest BCUT2D eigenvalue weighted by Crippen LogP contribution is -2.25. The second-order valence-electron chi connectivity index (χ2n) is 6.16. The van der Waals surface area contributed by atoms with E-state index in [9.17, 15) is 4.79 Å². The smallest absolute Gasteiger partial charge is 0.309 e. The highest BCUT2D eigenvalue weighted by molar-refractivity contribution is 5.76. The summed E-state index contributed by atoms with van der Waals surface area (Å²) in [6.07, 6.45) is 3.15. The van der Waals surface area contributed by atoms with Gasteiger partial charge in [-0.15, -0.1) is 0 Å². The Hall–Kier alpha value is -1.31. The van der Waals surface area contributed by atoms with Crippen LogP contribution < -0.4 is 0 Å². The predicted octanol–water partition coefficient (Wildman–Crippen LogP) is 3.60. The minimum absolute atomic E-state index is 0.0134. The van der Waals surface area contributed by atoms with Gasteiger partial charge in [-0.1, -0.05) is 30.3 Å². The third-order valence-electron chi connectivity index (χ3n) is 3.28. The molecule has 2 atom stereocenters. The zero-order chi connectivity index (χ0) is 13.2. The molecule has 0 aliphatic heterocycles. The van der Waals surface area contributed by atoms with Crippen LogP contribution in [0.3, 0.4) is 0 Å². The molecule has 1 aromatic carbocycles. The topological polar surface area (TPSA) is 26.3 Å². The van der Waals surface area contributed by atoms with Gasteiger partial charge < -0.3 is 4.74 Å². The molecule has 0 spiro atoms. The van der Waals surface area contributed by atoms with Crippen molar-refractivity contribution >= 4 is 5.97 Å². The highest BCUT2D eigenvalue weighted by Gasteiger charge is 2.44. The first kappa shape index (κ1) is 13.1. The number of hydrogen-bond donors (Lipinski definition) is 0. The van der Waals surface area contributed by atoms with Crippen molar-refractivity contribution in [2.45, 2.75) is 45.6 Å². The maximum atomic E-state index is 11.8. The maximum Gasteiger partial charge on any atom is 0.309 e. The standard InChI is InChI=1S/C16H22O2/c1-16(2,3)18-15(17)14-11-13(14)10-9-12-7-5-4-6-8-12/h4-8,13-14H,9-11H2,1-3H3/t13-,14-/m1/s1. The predicted molar refractivity (Wildman–Crippen MR) is 72.2 cm³/mol. The Balaban J connectivity index is 1.74. The van der Waals surface area contributed by atoms with E-state index in [1.807, 2.05) is 26.8 Å². The number of benzene rings is 1. The molecule has 2 rings (SSSR count). The van der Waals surface area contributed by atoms with Crippen LogP contribution in [0.5, 0.6) is 0 Å². The SMILES string of the molecule is CC(C)(C)OC(=O)[C@@H]1C[C@H]1CCc1ccccc1. The Labute approximate surface area is 109 Å². The molecular formula is C16H22O2. The number of hydrogen-bond acceptors (Lipinski definition) is 2.